The van der Waals surface area contributed by atoms with E-state index >= 15 is 0 Å². The fraction of sp³-hybridized carbons (Fsp3) is 0.500. The number of allylic oxidation sites excluding steroid dienone is 2. The first-order chi connectivity index (χ1) is 12.5. The van der Waals surface area contributed by atoms with Gasteiger partial charge in [-0.25, -0.2) is 4.39 Å². The number of ether oxygens (including phenoxy) is 1. The van der Waals surface area contributed by atoms with E-state index in [1.165, 1.54) is 23.1 Å². The molecular weight excluding hydrogens is 353 g/mol. The van der Waals surface area contributed by atoms with Gasteiger partial charge in [-0.3, -0.25) is 14.5 Å². The summed E-state index contributed by atoms with van der Waals surface area (Å²) >= 11 is 1.49. The molecule has 1 saturated carbocycles. The number of Topliss-reactive ketones (excluding diaryl/α,β-unsaturated/α-hetero) is 1. The average Bonchev–Trinajstić information content (AvgIpc) is 3.37. The van der Waals surface area contributed by atoms with E-state index in [1.807, 2.05) is 12.1 Å². The molecule has 0 N–H and O–H groups in total. The van der Waals surface area contributed by atoms with Crippen molar-refractivity contribution in [3.63, 3.8) is 0 Å². The zero-order valence-corrected chi connectivity index (χ0v) is 15.6. The standard InChI is InChI=1S/C20H22FNO3S/c1-12(23)25-18-10-14-11-22(9-8-17(14)26-18)19(20(24)13-6-7-13)15-4-2-3-5-16(15)21/h2,4,10,13,19H,3,5-9,11H2,1H3. The first-order valence-corrected chi connectivity index (χ1v) is 9.97. The second-order valence-corrected chi connectivity index (χ2v) is 8.31. The Morgan fingerprint density at radius 3 is 2.85 bits per heavy atom. The van der Waals surface area contributed by atoms with Gasteiger partial charge in [0.2, 0.25) is 0 Å². The van der Waals surface area contributed by atoms with Crippen LogP contribution in [0, 0.1) is 5.92 Å². The maximum atomic E-state index is 14.5. The predicted octanol–water partition coefficient (Wildman–Crippen LogP) is 3.95. The minimum absolute atomic E-state index is 0.0797. The van der Waals surface area contributed by atoms with Crippen molar-refractivity contribution in [2.24, 2.45) is 5.92 Å². The number of nitrogens with zero attached hydrogens (tertiary/aromatic N) is 1. The van der Waals surface area contributed by atoms with Crippen LogP contribution in [0.15, 0.2) is 29.6 Å². The molecular formula is C20H22FNO3S. The maximum Gasteiger partial charge on any atom is 0.308 e. The van der Waals surface area contributed by atoms with Gasteiger partial charge in [0.25, 0.3) is 0 Å². The van der Waals surface area contributed by atoms with Crippen LogP contribution in [0.4, 0.5) is 4.39 Å². The highest BCUT2D eigenvalue weighted by Gasteiger charge is 2.41. The summed E-state index contributed by atoms with van der Waals surface area (Å²) in [5.41, 5.74) is 1.62. The van der Waals surface area contributed by atoms with Gasteiger partial charge in [-0.1, -0.05) is 12.2 Å². The van der Waals surface area contributed by atoms with Crippen LogP contribution >= 0.6 is 11.3 Å². The Morgan fingerprint density at radius 2 is 2.15 bits per heavy atom. The Kier molecular flexibility index (Phi) is 4.80. The van der Waals surface area contributed by atoms with E-state index in [2.05, 4.69) is 4.90 Å². The molecule has 0 saturated heterocycles. The third-order valence-corrected chi connectivity index (χ3v) is 6.28. The summed E-state index contributed by atoms with van der Waals surface area (Å²) in [5.74, 6) is -0.248. The summed E-state index contributed by atoms with van der Waals surface area (Å²) in [6.07, 6.45) is 7.47. The summed E-state index contributed by atoms with van der Waals surface area (Å²) in [5, 5.41) is 0.595. The summed E-state index contributed by atoms with van der Waals surface area (Å²) < 4.78 is 19.7. The molecule has 4 nitrogen and oxygen atoms in total. The molecule has 6 heteroatoms. The Labute approximate surface area is 156 Å². The summed E-state index contributed by atoms with van der Waals surface area (Å²) in [6, 6.07) is 1.39. The molecule has 0 aromatic carbocycles. The lowest BCUT2D eigenvalue weighted by Gasteiger charge is -2.35. The van der Waals surface area contributed by atoms with Gasteiger partial charge in [0.05, 0.1) is 6.04 Å². The number of thiophene rings is 1. The number of hydrogen-bond acceptors (Lipinski definition) is 5. The van der Waals surface area contributed by atoms with Crippen molar-refractivity contribution >= 4 is 23.1 Å². The molecule has 0 spiro atoms. The lowest BCUT2D eigenvalue weighted by atomic mass is 9.91. The lowest BCUT2D eigenvalue weighted by Crippen LogP contribution is -2.45. The average molecular weight is 375 g/mol. The summed E-state index contributed by atoms with van der Waals surface area (Å²) in [7, 11) is 0. The second-order valence-electron chi connectivity index (χ2n) is 7.21. The van der Waals surface area contributed by atoms with Crippen LogP contribution in [0.5, 0.6) is 5.06 Å². The number of esters is 1. The molecule has 0 bridgehead atoms. The Morgan fingerprint density at radius 1 is 1.35 bits per heavy atom. The van der Waals surface area contributed by atoms with E-state index in [4.69, 9.17) is 4.74 Å². The molecule has 3 aliphatic rings. The van der Waals surface area contributed by atoms with Crippen LogP contribution in [0.1, 0.15) is 43.0 Å². The SMILES string of the molecule is CC(=O)Oc1cc2c(s1)CCN(C(C(=O)C1CC1)C1=C(F)CCC=C1)C2. The fourth-order valence-corrected chi connectivity index (χ4v) is 4.81. The van der Waals surface area contributed by atoms with Crippen molar-refractivity contribution in [3.8, 4) is 5.06 Å². The summed E-state index contributed by atoms with van der Waals surface area (Å²) in [4.78, 5) is 27.4. The number of rotatable bonds is 5. The van der Waals surface area contributed by atoms with Gasteiger partial charge >= 0.3 is 5.97 Å². The topological polar surface area (TPSA) is 46.6 Å². The number of carbonyl (C=O) groups excluding carboxylic acids is 2. The molecule has 2 heterocycles. The highest BCUT2D eigenvalue weighted by molar-refractivity contribution is 7.14. The molecule has 26 heavy (non-hydrogen) atoms. The predicted molar refractivity (Wildman–Crippen MR) is 97.8 cm³/mol. The van der Waals surface area contributed by atoms with E-state index < -0.39 is 6.04 Å². The maximum absolute atomic E-state index is 14.5. The van der Waals surface area contributed by atoms with Crippen molar-refractivity contribution < 1.29 is 18.7 Å². The zero-order valence-electron chi connectivity index (χ0n) is 14.8. The molecule has 1 aromatic rings. The molecule has 0 radical (unpaired) electrons. The monoisotopic (exact) mass is 375 g/mol. The normalized spacial score (nSPS) is 21.5. The van der Waals surface area contributed by atoms with Crippen molar-refractivity contribution in [2.75, 3.05) is 6.54 Å². The highest BCUT2D eigenvalue weighted by Crippen LogP contribution is 2.39. The third-order valence-electron chi connectivity index (χ3n) is 5.17. The molecule has 1 aromatic heterocycles. The molecule has 138 valence electrons. The van der Waals surface area contributed by atoms with Crippen molar-refractivity contribution in [3.05, 3.63) is 40.1 Å². The minimum Gasteiger partial charge on any atom is -0.416 e. The quantitative estimate of drug-likeness (QED) is 0.731. The van der Waals surface area contributed by atoms with Crippen LogP contribution in [0.3, 0.4) is 0 Å². The van der Waals surface area contributed by atoms with Gasteiger partial charge in [-0.2, -0.15) is 0 Å². The fourth-order valence-electron chi connectivity index (χ4n) is 3.76. The van der Waals surface area contributed by atoms with Crippen LogP contribution in [0.25, 0.3) is 0 Å². The Balaban J connectivity index is 1.61. The molecule has 1 fully saturated rings. The minimum atomic E-state index is -0.496. The van der Waals surface area contributed by atoms with Gasteiger partial charge in [0.15, 0.2) is 10.8 Å². The van der Waals surface area contributed by atoms with Crippen molar-refractivity contribution in [1.29, 1.82) is 0 Å². The lowest BCUT2D eigenvalue weighted by molar-refractivity contribution is -0.131. The zero-order chi connectivity index (χ0) is 18.3. The van der Waals surface area contributed by atoms with E-state index in [0.717, 1.165) is 24.8 Å². The number of fused-ring (bicyclic) bond motifs is 1. The molecule has 1 aliphatic heterocycles. The Hall–Kier alpha value is -1.79. The van der Waals surface area contributed by atoms with Crippen LogP contribution in [0.2, 0.25) is 0 Å². The van der Waals surface area contributed by atoms with E-state index in [0.29, 0.717) is 36.6 Å². The number of ketones is 1. The van der Waals surface area contributed by atoms with E-state index in [-0.39, 0.29) is 23.5 Å². The van der Waals surface area contributed by atoms with Crippen molar-refractivity contribution in [1.82, 2.24) is 4.90 Å². The van der Waals surface area contributed by atoms with E-state index in [9.17, 15) is 14.0 Å². The van der Waals surface area contributed by atoms with Gasteiger partial charge in [-0.05, 0) is 37.3 Å². The smallest absolute Gasteiger partial charge is 0.308 e. The van der Waals surface area contributed by atoms with Gasteiger partial charge in [-0.15, -0.1) is 11.3 Å². The number of carbonyl (C=O) groups is 2. The van der Waals surface area contributed by atoms with Crippen LogP contribution in [-0.4, -0.2) is 29.2 Å². The molecule has 1 unspecified atom stereocenters. The van der Waals surface area contributed by atoms with Crippen LogP contribution < -0.4 is 4.74 Å². The van der Waals surface area contributed by atoms with Gasteiger partial charge in [0.1, 0.15) is 5.83 Å². The molecule has 2 aliphatic carbocycles. The van der Waals surface area contributed by atoms with Gasteiger partial charge in [0, 0.05) is 42.8 Å². The van der Waals surface area contributed by atoms with E-state index in [1.54, 1.807) is 6.08 Å². The molecule has 1 atom stereocenters. The Bertz CT molecular complexity index is 806. The first-order valence-electron chi connectivity index (χ1n) is 9.16. The largest absolute Gasteiger partial charge is 0.416 e. The first kappa shape index (κ1) is 17.6. The third kappa shape index (κ3) is 3.53. The number of hydrogen-bond donors (Lipinski definition) is 0. The van der Waals surface area contributed by atoms with Gasteiger partial charge < -0.3 is 4.74 Å². The summed E-state index contributed by atoms with van der Waals surface area (Å²) in [6.45, 7) is 2.68. The highest BCUT2D eigenvalue weighted by atomic mass is 32.1. The molecule has 4 rings (SSSR count). The number of halogens is 1. The molecule has 0 amide bonds. The second kappa shape index (κ2) is 7.08. The van der Waals surface area contributed by atoms with Crippen LogP contribution in [-0.2, 0) is 22.6 Å². The van der Waals surface area contributed by atoms with Crippen molar-refractivity contribution in [2.45, 2.75) is 51.6 Å².